The zero-order chi connectivity index (χ0) is 18.7. The number of thiophene rings is 1. The largest absolute Gasteiger partial charge is 0.492 e. The lowest BCUT2D eigenvalue weighted by molar-refractivity contribution is -0.117. The zero-order valence-corrected chi connectivity index (χ0v) is 16.2. The summed E-state index contributed by atoms with van der Waals surface area (Å²) in [6.07, 6.45) is 1.88. The number of carbonyl (C=O) groups is 2. The van der Waals surface area contributed by atoms with Crippen molar-refractivity contribution in [2.75, 3.05) is 18.5 Å². The molecule has 2 N–H and O–H groups in total. The van der Waals surface area contributed by atoms with Gasteiger partial charge < -0.3 is 15.4 Å². The number of anilines is 1. The molecule has 1 aliphatic rings. The summed E-state index contributed by atoms with van der Waals surface area (Å²) >= 11 is 1.46. The van der Waals surface area contributed by atoms with E-state index in [-0.39, 0.29) is 17.7 Å². The minimum Gasteiger partial charge on any atom is -0.492 e. The molecule has 0 saturated heterocycles. The highest BCUT2D eigenvalue weighted by Gasteiger charge is 2.31. The van der Waals surface area contributed by atoms with Crippen molar-refractivity contribution in [1.82, 2.24) is 5.32 Å². The first-order valence-corrected chi connectivity index (χ1v) is 9.66. The molecule has 0 spiro atoms. The Labute approximate surface area is 157 Å². The van der Waals surface area contributed by atoms with Gasteiger partial charge in [-0.05, 0) is 56.9 Å². The van der Waals surface area contributed by atoms with E-state index in [0.717, 1.165) is 34.6 Å². The lowest BCUT2D eigenvalue weighted by Gasteiger charge is -2.10. The molecule has 0 atom stereocenters. The summed E-state index contributed by atoms with van der Waals surface area (Å²) in [5, 5.41) is 6.46. The molecule has 0 unspecified atom stereocenters. The van der Waals surface area contributed by atoms with Gasteiger partial charge in [0.05, 0.1) is 12.1 Å². The third-order valence-corrected chi connectivity index (χ3v) is 5.57. The van der Waals surface area contributed by atoms with E-state index in [1.807, 2.05) is 45.0 Å². The Bertz CT molecular complexity index is 824. The average Bonchev–Trinajstić information content (AvgIpc) is 3.40. The minimum absolute atomic E-state index is 0.0167. The number of hydrogen-bond acceptors (Lipinski definition) is 4. The predicted octanol–water partition coefficient (Wildman–Crippen LogP) is 3.83. The normalized spacial score (nSPS) is 13.3. The van der Waals surface area contributed by atoms with Gasteiger partial charge in [0.15, 0.2) is 0 Å². The lowest BCUT2D eigenvalue weighted by Crippen LogP contribution is -2.29. The maximum atomic E-state index is 12.6. The molecule has 1 aliphatic carbocycles. The van der Waals surface area contributed by atoms with Crippen molar-refractivity contribution >= 4 is 28.2 Å². The van der Waals surface area contributed by atoms with E-state index in [9.17, 15) is 9.59 Å². The van der Waals surface area contributed by atoms with Gasteiger partial charge in [-0.15, -0.1) is 11.3 Å². The van der Waals surface area contributed by atoms with Gasteiger partial charge >= 0.3 is 0 Å². The molecule has 1 fully saturated rings. The molecule has 3 rings (SSSR count). The summed E-state index contributed by atoms with van der Waals surface area (Å²) in [5.41, 5.74) is 2.61. The van der Waals surface area contributed by atoms with Gasteiger partial charge in [0.2, 0.25) is 5.91 Å². The van der Waals surface area contributed by atoms with Crippen LogP contribution in [-0.4, -0.2) is 25.0 Å². The molecular formula is C20H24N2O3S. The fraction of sp³-hybridized carbons (Fsp3) is 0.400. The first kappa shape index (κ1) is 18.5. The van der Waals surface area contributed by atoms with E-state index in [1.165, 1.54) is 11.3 Å². The summed E-state index contributed by atoms with van der Waals surface area (Å²) < 4.78 is 5.66. The van der Waals surface area contributed by atoms with Crippen molar-refractivity contribution in [3.05, 3.63) is 45.8 Å². The fourth-order valence-corrected chi connectivity index (χ4v) is 3.74. The van der Waals surface area contributed by atoms with Crippen LogP contribution in [0.5, 0.6) is 5.75 Å². The maximum Gasteiger partial charge on any atom is 0.254 e. The number of aryl methyl sites for hydroxylation is 2. The highest BCUT2D eigenvalue weighted by Crippen LogP contribution is 2.35. The highest BCUT2D eigenvalue weighted by molar-refractivity contribution is 7.16. The van der Waals surface area contributed by atoms with E-state index in [1.54, 1.807) is 0 Å². The monoisotopic (exact) mass is 372 g/mol. The SMILES string of the molecule is Cc1cccc(OCCNC(=O)c2c(NC(=O)C3CC3)sc(C)c2C)c1. The van der Waals surface area contributed by atoms with Gasteiger partial charge in [-0.25, -0.2) is 0 Å². The van der Waals surface area contributed by atoms with Crippen molar-refractivity contribution < 1.29 is 14.3 Å². The van der Waals surface area contributed by atoms with Crippen molar-refractivity contribution in [1.29, 1.82) is 0 Å². The molecule has 0 radical (unpaired) electrons. The molecule has 1 aromatic carbocycles. The fourth-order valence-electron chi connectivity index (χ4n) is 2.67. The van der Waals surface area contributed by atoms with Crippen LogP contribution >= 0.6 is 11.3 Å². The number of amides is 2. The van der Waals surface area contributed by atoms with Crippen molar-refractivity contribution in [3.8, 4) is 5.75 Å². The third-order valence-electron chi connectivity index (χ3n) is 4.44. The molecule has 2 amide bonds. The van der Waals surface area contributed by atoms with Crippen LogP contribution in [0.4, 0.5) is 5.00 Å². The van der Waals surface area contributed by atoms with Crippen LogP contribution in [0.2, 0.25) is 0 Å². The molecule has 0 bridgehead atoms. The van der Waals surface area contributed by atoms with E-state index in [0.29, 0.717) is 23.7 Å². The topological polar surface area (TPSA) is 67.4 Å². The number of nitrogens with one attached hydrogen (secondary N) is 2. The van der Waals surface area contributed by atoms with E-state index in [2.05, 4.69) is 10.6 Å². The van der Waals surface area contributed by atoms with Crippen LogP contribution < -0.4 is 15.4 Å². The lowest BCUT2D eigenvalue weighted by atomic mass is 10.1. The Hall–Kier alpha value is -2.34. The van der Waals surface area contributed by atoms with Crippen LogP contribution in [0, 0.1) is 26.7 Å². The molecule has 6 heteroatoms. The Morgan fingerprint density at radius 1 is 1.23 bits per heavy atom. The number of carbonyl (C=O) groups excluding carboxylic acids is 2. The Morgan fingerprint density at radius 3 is 2.69 bits per heavy atom. The first-order chi connectivity index (χ1) is 12.5. The second kappa shape index (κ2) is 7.91. The van der Waals surface area contributed by atoms with Gasteiger partial charge in [-0.2, -0.15) is 0 Å². The Kier molecular flexibility index (Phi) is 5.61. The number of hydrogen-bond donors (Lipinski definition) is 2. The summed E-state index contributed by atoms with van der Waals surface area (Å²) in [7, 11) is 0. The van der Waals surface area contributed by atoms with Crippen molar-refractivity contribution in [2.24, 2.45) is 5.92 Å². The second-order valence-corrected chi connectivity index (χ2v) is 7.90. The molecule has 26 heavy (non-hydrogen) atoms. The second-order valence-electron chi connectivity index (χ2n) is 6.67. The summed E-state index contributed by atoms with van der Waals surface area (Å²) in [6.45, 7) is 6.67. The smallest absolute Gasteiger partial charge is 0.254 e. The van der Waals surface area contributed by atoms with Crippen LogP contribution in [0.1, 0.15) is 39.2 Å². The number of rotatable bonds is 7. The standard InChI is InChI=1S/C20H24N2O3S/c1-12-5-4-6-16(11-12)25-10-9-21-19(24)17-13(2)14(3)26-20(17)22-18(23)15-7-8-15/h4-6,11,15H,7-10H2,1-3H3,(H,21,24)(H,22,23). The minimum atomic E-state index is -0.175. The van der Waals surface area contributed by atoms with Crippen LogP contribution in [0.3, 0.4) is 0 Å². The molecule has 1 aromatic heterocycles. The molecule has 1 saturated carbocycles. The van der Waals surface area contributed by atoms with Gasteiger partial charge in [-0.3, -0.25) is 9.59 Å². The molecular weight excluding hydrogens is 348 g/mol. The third kappa shape index (κ3) is 4.43. The van der Waals surface area contributed by atoms with Crippen LogP contribution in [0.15, 0.2) is 24.3 Å². The van der Waals surface area contributed by atoms with Crippen LogP contribution in [0.25, 0.3) is 0 Å². The molecule has 0 aliphatic heterocycles. The average molecular weight is 372 g/mol. The maximum absolute atomic E-state index is 12.6. The highest BCUT2D eigenvalue weighted by atomic mass is 32.1. The van der Waals surface area contributed by atoms with Crippen molar-refractivity contribution in [3.63, 3.8) is 0 Å². The Morgan fingerprint density at radius 2 is 2.00 bits per heavy atom. The quantitative estimate of drug-likeness (QED) is 0.726. The molecule has 2 aromatic rings. The van der Waals surface area contributed by atoms with Gasteiger partial charge in [0.1, 0.15) is 17.4 Å². The molecule has 138 valence electrons. The summed E-state index contributed by atoms with van der Waals surface area (Å²) in [4.78, 5) is 25.7. The van der Waals surface area contributed by atoms with Crippen LogP contribution in [-0.2, 0) is 4.79 Å². The van der Waals surface area contributed by atoms with E-state index >= 15 is 0 Å². The number of benzene rings is 1. The van der Waals surface area contributed by atoms with E-state index in [4.69, 9.17) is 4.74 Å². The van der Waals surface area contributed by atoms with Gasteiger partial charge in [0, 0.05) is 10.8 Å². The van der Waals surface area contributed by atoms with E-state index < -0.39 is 0 Å². The predicted molar refractivity (Wildman–Crippen MR) is 104 cm³/mol. The summed E-state index contributed by atoms with van der Waals surface area (Å²) in [5.74, 6) is 0.740. The Balaban J connectivity index is 1.57. The van der Waals surface area contributed by atoms with Crippen molar-refractivity contribution in [2.45, 2.75) is 33.6 Å². The van der Waals surface area contributed by atoms with Gasteiger partial charge in [-0.1, -0.05) is 12.1 Å². The molecule has 1 heterocycles. The number of ether oxygens (including phenoxy) is 1. The first-order valence-electron chi connectivity index (χ1n) is 8.84. The zero-order valence-electron chi connectivity index (χ0n) is 15.3. The molecule has 5 nitrogen and oxygen atoms in total. The van der Waals surface area contributed by atoms with Gasteiger partial charge in [0.25, 0.3) is 5.91 Å². The summed E-state index contributed by atoms with van der Waals surface area (Å²) in [6, 6.07) is 7.80.